The number of likely N-dealkylation sites (tertiary alicyclic amines) is 1. The monoisotopic (exact) mass is 207 g/mol. The third kappa shape index (κ3) is 2.09. The summed E-state index contributed by atoms with van der Waals surface area (Å²) in [4.78, 5) is 13.4. The third-order valence-corrected chi connectivity index (χ3v) is 3.09. The minimum absolute atomic E-state index is 0.0240. The number of Topliss-reactive ketones (excluding diaryl/α,β-unsaturated/α-hetero) is 1. The molecular formula is C11H17N3O. The van der Waals surface area contributed by atoms with Crippen LogP contribution in [0.5, 0.6) is 0 Å². The highest BCUT2D eigenvalue weighted by Crippen LogP contribution is 2.28. The van der Waals surface area contributed by atoms with Crippen LogP contribution >= 0.6 is 0 Å². The molecule has 1 aliphatic heterocycles. The fourth-order valence-corrected chi connectivity index (χ4v) is 2.16. The van der Waals surface area contributed by atoms with E-state index in [4.69, 9.17) is 0 Å². The summed E-state index contributed by atoms with van der Waals surface area (Å²) in [6.45, 7) is 2.67. The second kappa shape index (κ2) is 4.14. The normalized spacial score (nSPS) is 22.9. The van der Waals surface area contributed by atoms with Crippen LogP contribution in [-0.4, -0.2) is 34.5 Å². The van der Waals surface area contributed by atoms with Crippen LogP contribution in [0.1, 0.15) is 48.4 Å². The first kappa shape index (κ1) is 10.4. The average Bonchev–Trinajstić information content (AvgIpc) is 2.67. The largest absolute Gasteiger partial charge is 0.298 e. The highest BCUT2D eigenvalue weighted by molar-refractivity contribution is 5.92. The Hall–Kier alpha value is -1.16. The average molecular weight is 207 g/mol. The first-order valence-corrected chi connectivity index (χ1v) is 5.45. The molecule has 4 nitrogen and oxygen atoms in total. The van der Waals surface area contributed by atoms with Crippen LogP contribution in [0.25, 0.3) is 0 Å². The van der Waals surface area contributed by atoms with Crippen molar-refractivity contribution in [1.82, 2.24) is 15.1 Å². The molecule has 4 heteroatoms. The van der Waals surface area contributed by atoms with Crippen LogP contribution in [0.15, 0.2) is 6.07 Å². The Morgan fingerprint density at radius 2 is 2.40 bits per heavy atom. The van der Waals surface area contributed by atoms with Gasteiger partial charge < -0.3 is 0 Å². The molecule has 0 aromatic carbocycles. The molecule has 1 aliphatic rings. The van der Waals surface area contributed by atoms with Crippen LogP contribution in [0.3, 0.4) is 0 Å². The number of hydrogen-bond donors (Lipinski definition) is 1. The maximum Gasteiger partial charge on any atom is 0.179 e. The predicted octanol–water partition coefficient (Wildman–Crippen LogP) is 1.77. The number of aromatic amines is 1. The van der Waals surface area contributed by atoms with E-state index < -0.39 is 0 Å². The summed E-state index contributed by atoms with van der Waals surface area (Å²) >= 11 is 0. The molecule has 0 amide bonds. The molecule has 2 heterocycles. The van der Waals surface area contributed by atoms with Gasteiger partial charge in [0.15, 0.2) is 5.78 Å². The molecule has 2 rings (SSSR count). The van der Waals surface area contributed by atoms with Crippen molar-refractivity contribution in [3.63, 3.8) is 0 Å². The molecule has 1 aromatic heterocycles. The lowest BCUT2D eigenvalue weighted by atomic mass is 10.00. The number of H-pyrrole nitrogens is 1. The lowest BCUT2D eigenvalue weighted by Gasteiger charge is -2.31. The molecular weight excluding hydrogens is 190 g/mol. The van der Waals surface area contributed by atoms with Gasteiger partial charge in [0.2, 0.25) is 0 Å². The van der Waals surface area contributed by atoms with E-state index in [2.05, 4.69) is 22.1 Å². The maximum absolute atomic E-state index is 11.1. The van der Waals surface area contributed by atoms with Crippen LogP contribution < -0.4 is 0 Å². The number of nitrogens with zero attached hydrogens (tertiary/aromatic N) is 2. The predicted molar refractivity (Wildman–Crippen MR) is 57.8 cm³/mol. The standard InChI is InChI=1S/C11H17N3O/c1-8(15)9-7-10(13-12-9)11-5-3-4-6-14(11)2/h7,11H,3-6H2,1-2H3,(H,12,13). The van der Waals surface area contributed by atoms with Gasteiger partial charge >= 0.3 is 0 Å². The van der Waals surface area contributed by atoms with Crippen molar-refractivity contribution in [2.45, 2.75) is 32.2 Å². The van der Waals surface area contributed by atoms with Crippen molar-refractivity contribution >= 4 is 5.78 Å². The fourth-order valence-electron chi connectivity index (χ4n) is 2.16. The zero-order valence-electron chi connectivity index (χ0n) is 9.29. The molecule has 0 aliphatic carbocycles. The highest BCUT2D eigenvalue weighted by atomic mass is 16.1. The Morgan fingerprint density at radius 1 is 1.60 bits per heavy atom. The van der Waals surface area contributed by atoms with Crippen molar-refractivity contribution in [2.75, 3.05) is 13.6 Å². The molecule has 1 atom stereocenters. The van der Waals surface area contributed by atoms with Crippen LogP contribution in [-0.2, 0) is 0 Å². The first-order chi connectivity index (χ1) is 7.18. The Bertz CT molecular complexity index is 358. The third-order valence-electron chi connectivity index (χ3n) is 3.09. The van der Waals surface area contributed by atoms with E-state index in [9.17, 15) is 4.79 Å². The lowest BCUT2D eigenvalue weighted by Crippen LogP contribution is -2.29. The molecule has 0 saturated carbocycles. The van der Waals surface area contributed by atoms with Gasteiger partial charge in [-0.05, 0) is 32.5 Å². The number of ketones is 1. The summed E-state index contributed by atoms with van der Waals surface area (Å²) < 4.78 is 0. The van der Waals surface area contributed by atoms with Gasteiger partial charge in [0.05, 0.1) is 11.7 Å². The zero-order valence-corrected chi connectivity index (χ0v) is 9.29. The number of aromatic nitrogens is 2. The van der Waals surface area contributed by atoms with Gasteiger partial charge in [0.25, 0.3) is 0 Å². The SMILES string of the molecule is CC(=O)c1cc(C2CCCCN2C)[nH]n1. The van der Waals surface area contributed by atoms with Gasteiger partial charge in [0, 0.05) is 6.92 Å². The molecule has 1 unspecified atom stereocenters. The van der Waals surface area contributed by atoms with Gasteiger partial charge in [-0.25, -0.2) is 0 Å². The van der Waals surface area contributed by atoms with E-state index in [1.54, 1.807) is 6.92 Å². The van der Waals surface area contributed by atoms with E-state index in [1.807, 2.05) is 6.07 Å². The second-order valence-electron chi connectivity index (χ2n) is 4.26. The summed E-state index contributed by atoms with van der Waals surface area (Å²) in [6.07, 6.45) is 3.67. The van der Waals surface area contributed by atoms with E-state index in [1.165, 1.54) is 12.8 Å². The summed E-state index contributed by atoms with van der Waals surface area (Å²) in [7, 11) is 2.12. The van der Waals surface area contributed by atoms with Crippen molar-refractivity contribution in [3.8, 4) is 0 Å². The first-order valence-electron chi connectivity index (χ1n) is 5.45. The molecule has 0 spiro atoms. The van der Waals surface area contributed by atoms with E-state index >= 15 is 0 Å². The summed E-state index contributed by atoms with van der Waals surface area (Å²) in [5.41, 5.74) is 1.62. The number of rotatable bonds is 2. The quantitative estimate of drug-likeness (QED) is 0.752. The van der Waals surface area contributed by atoms with Crippen LogP contribution in [0.4, 0.5) is 0 Å². The second-order valence-corrected chi connectivity index (χ2v) is 4.26. The van der Waals surface area contributed by atoms with E-state index in [0.717, 1.165) is 18.7 Å². The van der Waals surface area contributed by atoms with Crippen molar-refractivity contribution in [3.05, 3.63) is 17.5 Å². The smallest absolute Gasteiger partial charge is 0.179 e. The Balaban J connectivity index is 2.17. The number of carbonyl (C=O) groups excluding carboxylic acids is 1. The van der Waals surface area contributed by atoms with Crippen molar-refractivity contribution in [1.29, 1.82) is 0 Å². The van der Waals surface area contributed by atoms with Gasteiger partial charge in [-0.2, -0.15) is 5.10 Å². The highest BCUT2D eigenvalue weighted by Gasteiger charge is 2.22. The van der Waals surface area contributed by atoms with Crippen molar-refractivity contribution in [2.24, 2.45) is 0 Å². The summed E-state index contributed by atoms with van der Waals surface area (Å²) in [5, 5.41) is 7.00. The summed E-state index contributed by atoms with van der Waals surface area (Å²) in [6, 6.07) is 2.29. The van der Waals surface area contributed by atoms with Gasteiger partial charge in [-0.15, -0.1) is 0 Å². The van der Waals surface area contributed by atoms with E-state index in [0.29, 0.717) is 11.7 Å². The number of hydrogen-bond acceptors (Lipinski definition) is 3. The molecule has 1 N–H and O–H groups in total. The molecule has 15 heavy (non-hydrogen) atoms. The van der Waals surface area contributed by atoms with Crippen LogP contribution in [0, 0.1) is 0 Å². The molecule has 0 radical (unpaired) electrons. The van der Waals surface area contributed by atoms with Crippen LogP contribution in [0.2, 0.25) is 0 Å². The maximum atomic E-state index is 11.1. The minimum atomic E-state index is 0.0240. The lowest BCUT2D eigenvalue weighted by molar-refractivity contribution is 0.101. The molecule has 1 fully saturated rings. The fraction of sp³-hybridized carbons (Fsp3) is 0.636. The number of piperidine rings is 1. The minimum Gasteiger partial charge on any atom is -0.298 e. The molecule has 1 aromatic rings. The Morgan fingerprint density at radius 3 is 3.00 bits per heavy atom. The number of nitrogens with one attached hydrogen (secondary N) is 1. The van der Waals surface area contributed by atoms with E-state index in [-0.39, 0.29) is 5.78 Å². The molecule has 82 valence electrons. The zero-order chi connectivity index (χ0) is 10.8. The van der Waals surface area contributed by atoms with Gasteiger partial charge in [0.1, 0.15) is 5.69 Å². The summed E-state index contributed by atoms with van der Waals surface area (Å²) in [5.74, 6) is 0.0240. The molecule has 1 saturated heterocycles. The Labute approximate surface area is 89.7 Å². The number of carbonyl (C=O) groups is 1. The molecule has 0 bridgehead atoms. The van der Waals surface area contributed by atoms with Crippen molar-refractivity contribution < 1.29 is 4.79 Å². The van der Waals surface area contributed by atoms with Gasteiger partial charge in [-0.1, -0.05) is 6.42 Å². The van der Waals surface area contributed by atoms with Gasteiger partial charge in [-0.3, -0.25) is 14.8 Å². The Kier molecular flexibility index (Phi) is 2.86. The topological polar surface area (TPSA) is 49.0 Å².